The molecule has 6 unspecified atom stereocenters. The molecule has 2 rings (SSSR count). The van der Waals surface area contributed by atoms with E-state index in [1.54, 1.807) is 96.9 Å². The lowest BCUT2D eigenvalue weighted by Crippen LogP contribution is -2.40. The van der Waals surface area contributed by atoms with E-state index in [-0.39, 0.29) is 54.1 Å². The van der Waals surface area contributed by atoms with Gasteiger partial charge < -0.3 is 28.4 Å². The van der Waals surface area contributed by atoms with Gasteiger partial charge in [0.1, 0.15) is 28.8 Å². The summed E-state index contributed by atoms with van der Waals surface area (Å²) >= 11 is 0. The summed E-state index contributed by atoms with van der Waals surface area (Å²) in [6.45, 7) is 29.1. The first-order valence-corrected chi connectivity index (χ1v) is 21.5. The van der Waals surface area contributed by atoms with Gasteiger partial charge in [0.05, 0.1) is 37.4 Å². The number of carbonyl (C=O) groups excluding carboxylic acids is 6. The van der Waals surface area contributed by atoms with Crippen molar-refractivity contribution in [1.29, 1.82) is 0 Å². The maximum Gasteiger partial charge on any atom is 0.321 e. The Morgan fingerprint density at radius 3 is 1.25 bits per heavy atom. The largest absolute Gasteiger partial charge is 0.466 e. The summed E-state index contributed by atoms with van der Waals surface area (Å²) in [5.41, 5.74) is -2.55. The van der Waals surface area contributed by atoms with E-state index in [9.17, 15) is 37.2 Å². The van der Waals surface area contributed by atoms with Crippen LogP contribution in [0.4, 0.5) is 0 Å². The third kappa shape index (κ3) is 23.7. The van der Waals surface area contributed by atoms with Crippen molar-refractivity contribution in [3.05, 3.63) is 0 Å². The Hall–Kier alpha value is -3.27. The lowest BCUT2D eigenvalue weighted by molar-refractivity contribution is -0.178. The first-order valence-electron chi connectivity index (χ1n) is 19.7. The summed E-state index contributed by atoms with van der Waals surface area (Å²) < 4.78 is 57.8. The van der Waals surface area contributed by atoms with Gasteiger partial charge in [-0.05, 0) is 140 Å². The molecule has 0 radical (unpaired) electrons. The van der Waals surface area contributed by atoms with E-state index in [1.807, 2.05) is 13.8 Å². The van der Waals surface area contributed by atoms with Crippen LogP contribution in [0.15, 0.2) is 0 Å². The Morgan fingerprint density at radius 1 is 0.561 bits per heavy atom. The average molecular weight is 837 g/mol. The molecular weight excluding hydrogens is 765 g/mol. The zero-order valence-electron chi connectivity index (χ0n) is 37.5. The van der Waals surface area contributed by atoms with Gasteiger partial charge in [-0.2, -0.15) is 8.42 Å². The summed E-state index contributed by atoms with van der Waals surface area (Å²) in [7, 11) is -3.44. The van der Waals surface area contributed by atoms with Gasteiger partial charge >= 0.3 is 35.8 Å². The second kappa shape index (κ2) is 22.2. The molecule has 2 saturated carbocycles. The minimum atomic E-state index is -3.44. The zero-order chi connectivity index (χ0) is 44.9. The number of hydrogen-bond acceptors (Lipinski definition) is 15. The summed E-state index contributed by atoms with van der Waals surface area (Å²) in [5, 5.41) is 0. The van der Waals surface area contributed by atoms with E-state index in [0.717, 1.165) is 6.26 Å². The Balaban J connectivity index is 0.000000875. The monoisotopic (exact) mass is 836 g/mol. The lowest BCUT2D eigenvalue weighted by Gasteiger charge is -2.29. The number of carbonyl (C=O) groups is 6. The maximum absolute atomic E-state index is 12.7. The van der Waals surface area contributed by atoms with Crippen LogP contribution in [0.1, 0.15) is 143 Å². The maximum atomic E-state index is 12.7. The van der Waals surface area contributed by atoms with Crippen LogP contribution in [0, 0.1) is 35.5 Å². The lowest BCUT2D eigenvalue weighted by atomic mass is 9.89. The molecule has 0 aromatic carbocycles. The van der Waals surface area contributed by atoms with Crippen molar-refractivity contribution in [2.45, 2.75) is 171 Å². The molecule has 0 heterocycles. The second-order valence-corrected chi connectivity index (χ2v) is 20.3. The standard InChI is InChI=1S/C20H34O6.C11H20O4.C10H18O5S/c1-9-24-16(21)14-11-13(10-12(14)2)15(17(22)25-19(3,4)5)18(23)26-20(6,7)8;1-10(2,3)14-8(12)7-9(13)15-11(4,5)6;1-4-14-10(11)9-6-8(5-7(9)2)15-16(3,12)13/h12-15H,9-11H2,1-8H3;7H2,1-6H3;7-9H,4-6H2,1-3H3. The number of ether oxygens (including phenoxy) is 6. The van der Waals surface area contributed by atoms with E-state index < -0.39 is 62.3 Å². The predicted molar refractivity (Wildman–Crippen MR) is 212 cm³/mol. The van der Waals surface area contributed by atoms with E-state index in [2.05, 4.69) is 0 Å². The highest BCUT2D eigenvalue weighted by atomic mass is 32.2. The topological polar surface area (TPSA) is 201 Å². The van der Waals surface area contributed by atoms with Gasteiger partial charge in [-0.1, -0.05) is 13.8 Å². The molecule has 2 aliphatic rings. The summed E-state index contributed by atoms with van der Waals surface area (Å²) in [4.78, 5) is 71.7. The SMILES string of the molecule is CC(C)(C)OC(=O)CC(=O)OC(C)(C)C.CCOC(=O)C1CC(C(C(=O)OC(C)(C)C)C(=O)OC(C)(C)C)CC1C.CCOC(=O)C1CC(OS(C)(=O)=O)CC1C. The number of hydrogen-bond donors (Lipinski definition) is 0. The Labute approximate surface area is 341 Å². The molecule has 6 atom stereocenters. The molecule has 0 spiro atoms. The fraction of sp³-hybridized carbons (Fsp3) is 0.854. The first-order chi connectivity index (χ1) is 25.6. The minimum absolute atomic E-state index is 0.0337. The third-order valence-corrected chi connectivity index (χ3v) is 8.79. The van der Waals surface area contributed by atoms with Crippen LogP contribution >= 0.6 is 0 Å². The molecular formula is C41H72O15S. The minimum Gasteiger partial charge on any atom is -0.466 e. The highest BCUT2D eigenvalue weighted by Gasteiger charge is 2.48. The van der Waals surface area contributed by atoms with Crippen LogP contribution in [-0.2, 0) is 71.5 Å². The molecule has 16 heteroatoms. The van der Waals surface area contributed by atoms with Crippen LogP contribution < -0.4 is 0 Å². The van der Waals surface area contributed by atoms with Gasteiger partial charge in [-0.25, -0.2) is 0 Å². The van der Waals surface area contributed by atoms with E-state index in [1.165, 1.54) is 0 Å². The van der Waals surface area contributed by atoms with Crippen molar-refractivity contribution in [2.75, 3.05) is 19.5 Å². The Bertz CT molecular complexity index is 1400. The van der Waals surface area contributed by atoms with E-state index in [0.29, 0.717) is 38.9 Å². The molecule has 57 heavy (non-hydrogen) atoms. The van der Waals surface area contributed by atoms with Crippen molar-refractivity contribution in [3.63, 3.8) is 0 Å². The van der Waals surface area contributed by atoms with Crippen LogP contribution in [0.2, 0.25) is 0 Å². The van der Waals surface area contributed by atoms with Crippen LogP contribution in [-0.4, -0.2) is 92.2 Å². The highest BCUT2D eigenvalue weighted by Crippen LogP contribution is 2.42. The van der Waals surface area contributed by atoms with E-state index >= 15 is 0 Å². The molecule has 0 aromatic heterocycles. The molecule has 0 aliphatic heterocycles. The van der Waals surface area contributed by atoms with Crippen molar-refractivity contribution >= 4 is 45.9 Å². The summed E-state index contributed by atoms with van der Waals surface area (Å²) in [5.74, 6) is -4.57. The quantitative estimate of drug-likeness (QED) is 0.0943. The predicted octanol–water partition coefficient (Wildman–Crippen LogP) is 6.51. The van der Waals surface area contributed by atoms with Crippen molar-refractivity contribution in [3.8, 4) is 0 Å². The molecule has 15 nitrogen and oxygen atoms in total. The summed E-state index contributed by atoms with van der Waals surface area (Å²) in [6.07, 6.45) is 2.29. The zero-order valence-corrected chi connectivity index (χ0v) is 38.3. The van der Waals surface area contributed by atoms with Crippen LogP contribution in [0.3, 0.4) is 0 Å². The first kappa shape index (κ1) is 53.7. The van der Waals surface area contributed by atoms with E-state index in [4.69, 9.17) is 32.6 Å². The Kier molecular flexibility index (Phi) is 20.9. The number of rotatable bonds is 11. The smallest absolute Gasteiger partial charge is 0.321 e. The molecule has 0 aromatic rings. The normalized spacial score (nSPS) is 22.5. The van der Waals surface area contributed by atoms with Crippen molar-refractivity contribution in [2.24, 2.45) is 35.5 Å². The van der Waals surface area contributed by atoms with Gasteiger partial charge in [0.15, 0.2) is 5.92 Å². The van der Waals surface area contributed by atoms with Gasteiger partial charge in [-0.15, -0.1) is 0 Å². The molecule has 2 fully saturated rings. The molecule has 0 N–H and O–H groups in total. The average Bonchev–Trinajstić information content (AvgIpc) is 3.50. The fourth-order valence-electron chi connectivity index (χ4n) is 6.33. The molecule has 2 aliphatic carbocycles. The van der Waals surface area contributed by atoms with Gasteiger partial charge in [-0.3, -0.25) is 33.0 Å². The van der Waals surface area contributed by atoms with Gasteiger partial charge in [0.2, 0.25) is 0 Å². The third-order valence-electron chi connectivity index (χ3n) is 8.17. The molecule has 0 saturated heterocycles. The van der Waals surface area contributed by atoms with Crippen molar-refractivity contribution in [1.82, 2.24) is 0 Å². The number of esters is 6. The Morgan fingerprint density at radius 2 is 0.912 bits per heavy atom. The molecule has 332 valence electrons. The van der Waals surface area contributed by atoms with Crippen molar-refractivity contribution < 1.29 is 69.8 Å². The highest BCUT2D eigenvalue weighted by molar-refractivity contribution is 7.86. The fourth-order valence-corrected chi connectivity index (χ4v) is 6.98. The molecule has 0 bridgehead atoms. The van der Waals surface area contributed by atoms with Crippen LogP contribution in [0.5, 0.6) is 0 Å². The van der Waals surface area contributed by atoms with Crippen LogP contribution in [0.25, 0.3) is 0 Å². The summed E-state index contributed by atoms with van der Waals surface area (Å²) in [6, 6.07) is 0. The van der Waals surface area contributed by atoms with Gasteiger partial charge in [0.25, 0.3) is 10.1 Å². The van der Waals surface area contributed by atoms with Gasteiger partial charge in [0, 0.05) is 0 Å². The molecule has 0 amide bonds. The second-order valence-electron chi connectivity index (χ2n) is 18.7.